The standard InChI is InChI=1S/C37H38ClN7O4S2.ClH/c1-23(2)17-31(37(47)48)43-32(46)20-41-13-16-49-28-11-7-24(8-12-28)33-29(18-39)34(45-14-3-4-15-45)44-36(30(33)19-40)51-22-27-21-50-35(42-27)25-5-9-26(38)10-6-25;/h5-12,21,23,31,41H,3-4,13-17,20,22H2,1-2H3,(H,43,46)(H,47,48);1H/t31-;/m0./s1. The SMILES string of the molecule is CC(C)C[C@H](NC(=O)CNCCOc1ccc(-c2c(C#N)c(SCc3csc(-c4ccc(Cl)cc4)n3)nc(N3CCCC3)c2C#N)cc1)C(=O)O.Cl. The van der Waals surface area contributed by atoms with Crippen LogP contribution in [0.2, 0.25) is 5.02 Å². The molecule has 1 aliphatic rings. The summed E-state index contributed by atoms with van der Waals surface area (Å²) in [5, 5.41) is 39.8. The summed E-state index contributed by atoms with van der Waals surface area (Å²) in [6.45, 7) is 5.96. The van der Waals surface area contributed by atoms with E-state index >= 15 is 0 Å². The molecule has 3 heterocycles. The number of carbonyl (C=O) groups excluding carboxylic acids is 1. The van der Waals surface area contributed by atoms with Crippen LogP contribution in [0, 0.1) is 28.6 Å². The number of carbonyl (C=O) groups is 2. The van der Waals surface area contributed by atoms with E-state index < -0.39 is 17.9 Å². The van der Waals surface area contributed by atoms with Crippen molar-refractivity contribution >= 4 is 64.8 Å². The minimum absolute atomic E-state index is 0. The van der Waals surface area contributed by atoms with E-state index in [-0.39, 0.29) is 31.5 Å². The van der Waals surface area contributed by atoms with Crippen LogP contribution in [0.5, 0.6) is 5.75 Å². The summed E-state index contributed by atoms with van der Waals surface area (Å²) in [4.78, 5) is 35.5. The van der Waals surface area contributed by atoms with Crippen molar-refractivity contribution in [2.24, 2.45) is 5.92 Å². The molecule has 52 heavy (non-hydrogen) atoms. The van der Waals surface area contributed by atoms with Gasteiger partial charge in [-0.05, 0) is 55.0 Å². The Labute approximate surface area is 322 Å². The van der Waals surface area contributed by atoms with E-state index in [1.807, 2.05) is 55.6 Å². The molecule has 0 unspecified atom stereocenters. The Hall–Kier alpha value is -4.37. The Bertz CT molecular complexity index is 1920. The summed E-state index contributed by atoms with van der Waals surface area (Å²) in [5.41, 5.74) is 3.78. The van der Waals surface area contributed by atoms with Crippen molar-refractivity contribution in [3.63, 3.8) is 0 Å². The zero-order valence-electron chi connectivity index (χ0n) is 28.7. The number of pyridine rings is 1. The maximum atomic E-state index is 12.2. The number of nitrogens with zero attached hydrogens (tertiary/aromatic N) is 5. The number of halogens is 2. The molecule has 1 amide bonds. The van der Waals surface area contributed by atoms with Crippen molar-refractivity contribution in [1.29, 1.82) is 10.5 Å². The number of carboxylic acid groups (broad SMARTS) is 1. The van der Waals surface area contributed by atoms with Crippen molar-refractivity contribution in [1.82, 2.24) is 20.6 Å². The number of anilines is 1. The Balaban J connectivity index is 0.00000605. The molecule has 1 aliphatic heterocycles. The Morgan fingerprint density at radius 2 is 1.71 bits per heavy atom. The van der Waals surface area contributed by atoms with E-state index in [1.165, 1.54) is 11.8 Å². The van der Waals surface area contributed by atoms with Gasteiger partial charge in [-0.25, -0.2) is 14.8 Å². The fourth-order valence-electron chi connectivity index (χ4n) is 5.65. The zero-order valence-corrected chi connectivity index (χ0v) is 31.9. The molecular formula is C37H39Cl2N7O4S2. The van der Waals surface area contributed by atoms with Gasteiger partial charge >= 0.3 is 5.97 Å². The van der Waals surface area contributed by atoms with Gasteiger partial charge in [-0.15, -0.1) is 23.7 Å². The van der Waals surface area contributed by atoms with E-state index in [9.17, 15) is 25.2 Å². The average Bonchev–Trinajstić information content (AvgIpc) is 3.83. The molecule has 0 bridgehead atoms. The average molecular weight is 781 g/mol. The number of rotatable bonds is 16. The van der Waals surface area contributed by atoms with Crippen LogP contribution in [-0.2, 0) is 15.3 Å². The predicted molar refractivity (Wildman–Crippen MR) is 207 cm³/mol. The number of amides is 1. The number of aliphatic carboxylic acids is 1. The summed E-state index contributed by atoms with van der Waals surface area (Å²) in [5.74, 6) is 0.340. The maximum Gasteiger partial charge on any atom is 0.326 e. The number of hydrogen-bond donors (Lipinski definition) is 3. The predicted octanol–water partition coefficient (Wildman–Crippen LogP) is 7.17. The molecule has 0 aliphatic carbocycles. The molecule has 1 saturated heterocycles. The summed E-state index contributed by atoms with van der Waals surface area (Å²) in [6.07, 6.45) is 2.36. The topological polar surface area (TPSA) is 164 Å². The monoisotopic (exact) mass is 779 g/mol. The molecule has 1 fully saturated rings. The van der Waals surface area contributed by atoms with Crippen molar-refractivity contribution in [3.8, 4) is 39.6 Å². The first kappa shape index (κ1) is 40.4. The van der Waals surface area contributed by atoms with Crippen molar-refractivity contribution in [2.75, 3.05) is 37.7 Å². The smallest absolute Gasteiger partial charge is 0.326 e. The van der Waals surface area contributed by atoms with E-state index in [0.717, 1.165) is 42.2 Å². The van der Waals surface area contributed by atoms with Crippen molar-refractivity contribution in [2.45, 2.75) is 49.9 Å². The maximum absolute atomic E-state index is 12.2. The molecule has 5 rings (SSSR count). The second-order valence-electron chi connectivity index (χ2n) is 12.4. The van der Waals surface area contributed by atoms with Gasteiger partial charge in [-0.1, -0.05) is 61.5 Å². The number of thiazole rings is 1. The van der Waals surface area contributed by atoms with Gasteiger partial charge in [0.25, 0.3) is 0 Å². The minimum atomic E-state index is -1.05. The number of aromatic nitrogens is 2. The highest BCUT2D eigenvalue weighted by molar-refractivity contribution is 7.98. The van der Waals surface area contributed by atoms with Gasteiger partial charge in [0, 0.05) is 46.9 Å². The molecule has 2 aromatic carbocycles. The molecular weight excluding hydrogens is 741 g/mol. The summed E-state index contributed by atoms with van der Waals surface area (Å²) >= 11 is 9.02. The molecule has 15 heteroatoms. The Kier molecular flexibility index (Phi) is 15.1. The van der Waals surface area contributed by atoms with Crippen LogP contribution in [0.25, 0.3) is 21.7 Å². The number of thioether (sulfide) groups is 1. The molecule has 1 atom stereocenters. The van der Waals surface area contributed by atoms with Crippen LogP contribution >= 0.6 is 47.1 Å². The second-order valence-corrected chi connectivity index (χ2v) is 14.6. The van der Waals surface area contributed by atoms with Gasteiger partial charge in [0.15, 0.2) is 0 Å². The largest absolute Gasteiger partial charge is 0.492 e. The molecule has 11 nitrogen and oxygen atoms in total. The highest BCUT2D eigenvalue weighted by Crippen LogP contribution is 2.40. The fourth-order valence-corrected chi connectivity index (χ4v) is 7.58. The highest BCUT2D eigenvalue weighted by atomic mass is 35.5. The number of carboxylic acids is 1. The van der Waals surface area contributed by atoms with Gasteiger partial charge in [0.1, 0.15) is 52.0 Å². The summed E-state index contributed by atoms with van der Waals surface area (Å²) in [6, 6.07) is 18.5. The van der Waals surface area contributed by atoms with Crippen LogP contribution in [0.3, 0.4) is 0 Å². The first-order chi connectivity index (χ1) is 24.7. The zero-order chi connectivity index (χ0) is 36.3. The fraction of sp³-hybridized carbons (Fsp3) is 0.351. The van der Waals surface area contributed by atoms with E-state index in [1.54, 1.807) is 23.5 Å². The molecule has 0 saturated carbocycles. The number of ether oxygens (including phenoxy) is 1. The molecule has 0 radical (unpaired) electrons. The van der Waals surface area contributed by atoms with Crippen LogP contribution in [0.15, 0.2) is 58.9 Å². The Morgan fingerprint density at radius 3 is 2.35 bits per heavy atom. The molecule has 3 N–H and O–H groups in total. The number of hydrogen-bond acceptors (Lipinski definition) is 11. The lowest BCUT2D eigenvalue weighted by Gasteiger charge is -2.22. The number of benzene rings is 2. The quantitative estimate of drug-likeness (QED) is 0.0780. The van der Waals surface area contributed by atoms with Crippen LogP contribution in [0.4, 0.5) is 5.82 Å². The normalized spacial score (nSPS) is 12.8. The second kappa shape index (κ2) is 19.5. The third-order valence-electron chi connectivity index (χ3n) is 8.09. The highest BCUT2D eigenvalue weighted by Gasteiger charge is 2.26. The first-order valence-electron chi connectivity index (χ1n) is 16.6. The van der Waals surface area contributed by atoms with Gasteiger partial charge in [0.05, 0.1) is 17.8 Å². The van der Waals surface area contributed by atoms with E-state index in [0.29, 0.717) is 62.6 Å². The van der Waals surface area contributed by atoms with Gasteiger partial charge < -0.3 is 25.4 Å². The van der Waals surface area contributed by atoms with Crippen LogP contribution in [0.1, 0.15) is 49.9 Å². The number of nitrogens with one attached hydrogen (secondary N) is 2. The van der Waals surface area contributed by atoms with Crippen LogP contribution in [-0.4, -0.2) is 65.8 Å². The molecule has 2 aromatic heterocycles. The lowest BCUT2D eigenvalue weighted by atomic mass is 9.96. The summed E-state index contributed by atoms with van der Waals surface area (Å²) in [7, 11) is 0. The first-order valence-corrected chi connectivity index (χ1v) is 18.8. The van der Waals surface area contributed by atoms with E-state index in [4.69, 9.17) is 26.3 Å². The molecule has 0 spiro atoms. The Morgan fingerprint density at radius 1 is 1.04 bits per heavy atom. The van der Waals surface area contributed by atoms with Crippen LogP contribution < -0.4 is 20.3 Å². The van der Waals surface area contributed by atoms with E-state index in [2.05, 4.69) is 27.7 Å². The molecule has 272 valence electrons. The summed E-state index contributed by atoms with van der Waals surface area (Å²) < 4.78 is 5.86. The van der Waals surface area contributed by atoms with Gasteiger partial charge in [0.2, 0.25) is 5.91 Å². The number of nitriles is 2. The lowest BCUT2D eigenvalue weighted by Crippen LogP contribution is -2.45. The molecule has 4 aromatic rings. The van der Waals surface area contributed by atoms with Crippen molar-refractivity contribution in [3.05, 3.63) is 75.8 Å². The van der Waals surface area contributed by atoms with Crippen molar-refractivity contribution < 1.29 is 19.4 Å². The van der Waals surface area contributed by atoms with Gasteiger partial charge in [-0.3, -0.25) is 4.79 Å². The van der Waals surface area contributed by atoms with Gasteiger partial charge in [-0.2, -0.15) is 10.5 Å². The lowest BCUT2D eigenvalue weighted by molar-refractivity contribution is -0.142. The minimum Gasteiger partial charge on any atom is -0.492 e. The third kappa shape index (κ3) is 10.6. The third-order valence-corrected chi connectivity index (χ3v) is 10.3.